The fraction of sp³-hybridized carbons (Fsp3) is 0.0909. The number of nitriles is 1. The van der Waals surface area contributed by atoms with Crippen LogP contribution in [0.25, 0.3) is 11.8 Å². The minimum absolute atomic E-state index is 0.0165. The van der Waals surface area contributed by atoms with Crippen molar-refractivity contribution in [3.8, 4) is 11.8 Å². The zero-order chi connectivity index (χ0) is 21.8. The molecule has 8 heteroatoms. The highest BCUT2D eigenvalue weighted by Crippen LogP contribution is 2.25. The molecule has 1 aromatic heterocycles. The molecule has 7 nitrogen and oxygen atoms in total. The lowest BCUT2D eigenvalue weighted by atomic mass is 10.1. The molecule has 150 valence electrons. The van der Waals surface area contributed by atoms with Gasteiger partial charge >= 0.3 is 0 Å². The van der Waals surface area contributed by atoms with E-state index in [1.807, 2.05) is 30.6 Å². The van der Waals surface area contributed by atoms with Crippen LogP contribution in [0.3, 0.4) is 0 Å². The highest BCUT2D eigenvalue weighted by atomic mass is 35.5. The van der Waals surface area contributed by atoms with E-state index in [1.54, 1.807) is 36.4 Å². The van der Waals surface area contributed by atoms with Gasteiger partial charge in [0.15, 0.2) is 0 Å². The number of aromatic nitrogens is 1. The predicted octanol–water partition coefficient (Wildman–Crippen LogP) is 5.20. The third kappa shape index (κ3) is 4.40. The summed E-state index contributed by atoms with van der Waals surface area (Å²) in [6, 6.07) is 16.6. The van der Waals surface area contributed by atoms with Gasteiger partial charge in [0.25, 0.3) is 11.6 Å². The zero-order valence-corrected chi connectivity index (χ0v) is 17.0. The van der Waals surface area contributed by atoms with Crippen LogP contribution in [0.1, 0.15) is 17.0 Å². The number of benzene rings is 2. The molecule has 0 saturated heterocycles. The van der Waals surface area contributed by atoms with E-state index in [4.69, 9.17) is 11.6 Å². The first-order valence-electron chi connectivity index (χ1n) is 8.92. The number of nitrogens with one attached hydrogen (secondary N) is 1. The van der Waals surface area contributed by atoms with Crippen molar-refractivity contribution in [3.05, 3.63) is 92.3 Å². The molecule has 0 aliphatic rings. The Balaban J connectivity index is 1.94. The molecule has 0 aliphatic heterocycles. The van der Waals surface area contributed by atoms with Crippen molar-refractivity contribution in [2.45, 2.75) is 13.8 Å². The van der Waals surface area contributed by atoms with Gasteiger partial charge in [-0.15, -0.1) is 0 Å². The minimum Gasteiger partial charge on any atom is -0.321 e. The van der Waals surface area contributed by atoms with Crippen LogP contribution in [-0.4, -0.2) is 15.4 Å². The third-order valence-electron chi connectivity index (χ3n) is 4.54. The highest BCUT2D eigenvalue weighted by molar-refractivity contribution is 6.30. The van der Waals surface area contributed by atoms with Gasteiger partial charge < -0.3 is 9.88 Å². The van der Waals surface area contributed by atoms with Gasteiger partial charge in [0.1, 0.15) is 11.6 Å². The number of nitrogens with zero attached hydrogens (tertiary/aromatic N) is 3. The van der Waals surface area contributed by atoms with Gasteiger partial charge in [-0.05, 0) is 61.9 Å². The highest BCUT2D eigenvalue weighted by Gasteiger charge is 2.15. The number of nitro benzene ring substituents is 1. The number of hydrogen-bond donors (Lipinski definition) is 1. The fourth-order valence-electron chi connectivity index (χ4n) is 3.11. The quantitative estimate of drug-likeness (QED) is 0.265. The molecule has 3 rings (SSSR count). The van der Waals surface area contributed by atoms with Crippen molar-refractivity contribution < 1.29 is 9.72 Å². The van der Waals surface area contributed by atoms with E-state index >= 15 is 0 Å². The number of rotatable bonds is 5. The SMILES string of the molecule is Cc1cc(/C=C(/C#N)C(=O)Nc2ccc(Cl)cc2)c(C)n1-c1cccc([N+](=O)[O-])c1. The number of halogens is 1. The largest absolute Gasteiger partial charge is 0.321 e. The number of carbonyl (C=O) groups excluding carboxylic acids is 1. The number of aryl methyl sites for hydroxylation is 1. The topological polar surface area (TPSA) is 101 Å². The monoisotopic (exact) mass is 420 g/mol. The zero-order valence-electron chi connectivity index (χ0n) is 16.2. The lowest BCUT2D eigenvalue weighted by Gasteiger charge is -2.09. The van der Waals surface area contributed by atoms with Gasteiger partial charge in [-0.25, -0.2) is 0 Å². The van der Waals surface area contributed by atoms with Crippen LogP contribution in [0.5, 0.6) is 0 Å². The summed E-state index contributed by atoms with van der Waals surface area (Å²) in [5.41, 5.74) is 3.30. The molecule has 1 amide bonds. The Labute approximate surface area is 178 Å². The Bertz CT molecular complexity index is 1200. The first kappa shape index (κ1) is 20.8. The molecular formula is C22H17ClN4O3. The Morgan fingerprint density at radius 3 is 2.53 bits per heavy atom. The third-order valence-corrected chi connectivity index (χ3v) is 4.79. The van der Waals surface area contributed by atoms with Gasteiger partial charge in [0, 0.05) is 34.2 Å². The second-order valence-corrected chi connectivity index (χ2v) is 7.01. The number of amides is 1. The Morgan fingerprint density at radius 2 is 1.90 bits per heavy atom. The number of non-ortho nitro benzene ring substituents is 1. The van der Waals surface area contributed by atoms with Crippen LogP contribution < -0.4 is 5.32 Å². The van der Waals surface area contributed by atoms with E-state index in [9.17, 15) is 20.2 Å². The summed E-state index contributed by atoms with van der Waals surface area (Å²) in [6.07, 6.45) is 1.50. The van der Waals surface area contributed by atoms with Crippen LogP contribution in [0.4, 0.5) is 11.4 Å². The van der Waals surface area contributed by atoms with Crippen molar-refractivity contribution in [1.29, 1.82) is 5.26 Å². The molecule has 0 bridgehead atoms. The van der Waals surface area contributed by atoms with Crippen molar-refractivity contribution in [2.24, 2.45) is 0 Å². The molecule has 0 aliphatic carbocycles. The molecule has 0 atom stereocenters. The van der Waals surface area contributed by atoms with E-state index in [-0.39, 0.29) is 11.3 Å². The van der Waals surface area contributed by atoms with Crippen LogP contribution in [-0.2, 0) is 4.79 Å². The molecule has 3 aromatic rings. The molecule has 2 aromatic carbocycles. The molecule has 0 unspecified atom stereocenters. The van der Waals surface area contributed by atoms with E-state index in [0.717, 1.165) is 11.4 Å². The summed E-state index contributed by atoms with van der Waals surface area (Å²) >= 11 is 5.84. The van der Waals surface area contributed by atoms with Crippen LogP contribution in [0.15, 0.2) is 60.2 Å². The first-order chi connectivity index (χ1) is 14.3. The van der Waals surface area contributed by atoms with Crippen molar-refractivity contribution in [2.75, 3.05) is 5.32 Å². The maximum absolute atomic E-state index is 12.5. The lowest BCUT2D eigenvalue weighted by molar-refractivity contribution is -0.384. The van der Waals surface area contributed by atoms with Crippen molar-refractivity contribution in [1.82, 2.24) is 4.57 Å². The summed E-state index contributed by atoms with van der Waals surface area (Å²) < 4.78 is 1.84. The standard InChI is InChI=1S/C22H17ClN4O3/c1-14-10-16(15(2)26(14)20-4-3-5-21(12-20)27(29)30)11-17(13-24)22(28)25-19-8-6-18(23)7-9-19/h3-12H,1-2H3,(H,25,28)/b17-11-. The van der Waals surface area contributed by atoms with Crippen molar-refractivity contribution in [3.63, 3.8) is 0 Å². The average Bonchev–Trinajstić information content (AvgIpc) is 3.00. The summed E-state index contributed by atoms with van der Waals surface area (Å²) in [6.45, 7) is 3.67. The Kier molecular flexibility index (Phi) is 6.00. The summed E-state index contributed by atoms with van der Waals surface area (Å²) in [7, 11) is 0. The van der Waals surface area contributed by atoms with Gasteiger partial charge in [-0.2, -0.15) is 5.26 Å². The lowest BCUT2D eigenvalue weighted by Crippen LogP contribution is -2.13. The normalized spacial score (nSPS) is 11.1. The van der Waals surface area contributed by atoms with E-state index < -0.39 is 10.8 Å². The van der Waals surface area contributed by atoms with Crippen LogP contribution >= 0.6 is 11.6 Å². The number of nitro groups is 1. The molecule has 1 N–H and O–H groups in total. The molecular weight excluding hydrogens is 404 g/mol. The molecule has 0 spiro atoms. The van der Waals surface area contributed by atoms with Gasteiger partial charge in [-0.1, -0.05) is 17.7 Å². The Hall–Kier alpha value is -3.89. The van der Waals surface area contributed by atoms with E-state index in [1.165, 1.54) is 18.2 Å². The predicted molar refractivity (Wildman–Crippen MR) is 116 cm³/mol. The molecule has 0 radical (unpaired) electrons. The number of anilines is 1. The molecule has 0 fully saturated rings. The summed E-state index contributed by atoms with van der Waals surface area (Å²) in [5, 5.41) is 23.8. The van der Waals surface area contributed by atoms with Crippen molar-refractivity contribution >= 4 is 35.0 Å². The average molecular weight is 421 g/mol. The second-order valence-electron chi connectivity index (χ2n) is 6.57. The van der Waals surface area contributed by atoms with Gasteiger partial charge in [0.05, 0.1) is 10.6 Å². The maximum Gasteiger partial charge on any atom is 0.271 e. The van der Waals surface area contributed by atoms with Crippen LogP contribution in [0.2, 0.25) is 5.02 Å². The Morgan fingerprint density at radius 1 is 1.20 bits per heavy atom. The summed E-state index contributed by atoms with van der Waals surface area (Å²) in [4.78, 5) is 23.1. The number of hydrogen-bond acceptors (Lipinski definition) is 4. The smallest absolute Gasteiger partial charge is 0.271 e. The first-order valence-corrected chi connectivity index (χ1v) is 9.30. The van der Waals surface area contributed by atoms with E-state index in [0.29, 0.717) is 22.0 Å². The van der Waals surface area contributed by atoms with Gasteiger partial charge in [-0.3, -0.25) is 14.9 Å². The summed E-state index contributed by atoms with van der Waals surface area (Å²) in [5.74, 6) is -0.542. The van der Waals surface area contributed by atoms with E-state index in [2.05, 4.69) is 5.32 Å². The second kappa shape index (κ2) is 8.64. The number of carbonyl (C=O) groups is 1. The van der Waals surface area contributed by atoms with Crippen LogP contribution in [0, 0.1) is 35.3 Å². The molecule has 1 heterocycles. The maximum atomic E-state index is 12.5. The molecule has 30 heavy (non-hydrogen) atoms. The fourth-order valence-corrected chi connectivity index (χ4v) is 3.24. The van der Waals surface area contributed by atoms with Gasteiger partial charge in [0.2, 0.25) is 0 Å². The minimum atomic E-state index is -0.542. The molecule has 0 saturated carbocycles.